The van der Waals surface area contributed by atoms with E-state index in [1.165, 1.54) is 0 Å². The Morgan fingerprint density at radius 2 is 1.80 bits per heavy atom. The zero-order valence-electron chi connectivity index (χ0n) is 3.65. The molecule has 0 unspecified atom stereocenters. The normalized spacial score (nSPS) is 6.00. The second-order valence-corrected chi connectivity index (χ2v) is 0.707. The summed E-state index contributed by atoms with van der Waals surface area (Å²) in [5, 5.41) is 2.93. The topological polar surface area (TPSA) is 12.0 Å². The van der Waals surface area contributed by atoms with E-state index < -0.39 is 0 Å². The van der Waals surface area contributed by atoms with E-state index in [1.54, 1.807) is 0 Å². The van der Waals surface area contributed by atoms with Gasteiger partial charge in [-0.05, 0) is 13.6 Å². The third-order valence-corrected chi connectivity index (χ3v) is 0.354. The molecule has 0 saturated heterocycles. The van der Waals surface area contributed by atoms with Crippen LogP contribution >= 0.6 is 0 Å². The maximum absolute atomic E-state index is 2.93. The molecule has 0 aliphatic heterocycles. The average Bonchev–Trinajstić information content (AvgIpc) is 1.37. The van der Waals surface area contributed by atoms with Crippen molar-refractivity contribution in [2.24, 2.45) is 0 Å². The molecule has 0 saturated carbocycles. The van der Waals surface area contributed by atoms with Gasteiger partial charge in [0, 0.05) is 22.4 Å². The van der Waals surface area contributed by atoms with Crippen LogP contribution in [0.3, 0.4) is 0 Å². The van der Waals surface area contributed by atoms with Gasteiger partial charge in [-0.25, -0.2) is 0 Å². The van der Waals surface area contributed by atoms with Crippen molar-refractivity contribution in [3.8, 4) is 0 Å². The van der Waals surface area contributed by atoms with Gasteiger partial charge in [0.1, 0.15) is 0 Å². The van der Waals surface area contributed by atoms with Gasteiger partial charge >= 0.3 is 0 Å². The van der Waals surface area contributed by atoms with E-state index in [1.807, 2.05) is 7.05 Å². The third kappa shape index (κ3) is 11.9. The molecule has 0 bridgehead atoms. The summed E-state index contributed by atoms with van der Waals surface area (Å²) < 4.78 is 0. The van der Waals surface area contributed by atoms with Crippen LogP contribution in [-0.2, 0) is 22.4 Å². The third-order valence-electron chi connectivity index (χ3n) is 0.354. The quantitative estimate of drug-likeness (QED) is 0.530. The van der Waals surface area contributed by atoms with Crippen LogP contribution in [0.5, 0.6) is 0 Å². The van der Waals surface area contributed by atoms with Gasteiger partial charge in [0.25, 0.3) is 0 Å². The van der Waals surface area contributed by atoms with Crippen molar-refractivity contribution in [3.63, 3.8) is 0 Å². The molecule has 0 aliphatic rings. The van der Waals surface area contributed by atoms with E-state index >= 15 is 0 Å². The van der Waals surface area contributed by atoms with Crippen molar-refractivity contribution in [2.75, 3.05) is 13.6 Å². The average molecular weight is 152 g/mol. The number of rotatable bonds is 1. The first-order chi connectivity index (χ1) is 1.91. The Bertz CT molecular complexity index is 8.85. The molecule has 1 nitrogen and oxygen atoms in total. The van der Waals surface area contributed by atoms with Gasteiger partial charge in [0.2, 0.25) is 0 Å². The van der Waals surface area contributed by atoms with Crippen molar-refractivity contribution in [1.82, 2.24) is 5.32 Å². The number of hydrogen-bond acceptors (Lipinski definition) is 1. The molecule has 0 aliphatic carbocycles. The van der Waals surface area contributed by atoms with Gasteiger partial charge in [0.15, 0.2) is 0 Å². The zero-order chi connectivity index (χ0) is 3.41. The summed E-state index contributed by atoms with van der Waals surface area (Å²) in [6.07, 6.45) is 0. The van der Waals surface area contributed by atoms with Crippen LogP contribution in [0.1, 0.15) is 6.92 Å². The van der Waals surface area contributed by atoms with Crippen LogP contribution in [-0.4, -0.2) is 13.6 Å². The molecule has 0 aromatic rings. The molecule has 0 heterocycles. The summed E-state index contributed by atoms with van der Waals surface area (Å²) in [4.78, 5) is 0. The Morgan fingerprint density at radius 3 is 1.80 bits per heavy atom. The van der Waals surface area contributed by atoms with Crippen molar-refractivity contribution in [1.29, 1.82) is 0 Å². The fourth-order valence-corrected chi connectivity index (χ4v) is 0. The first-order valence-electron chi connectivity index (χ1n) is 1.56. The Labute approximate surface area is 48.7 Å². The van der Waals surface area contributed by atoms with E-state index in [-0.39, 0.29) is 22.4 Å². The van der Waals surface area contributed by atoms with Crippen LogP contribution in [0.2, 0.25) is 0 Å². The van der Waals surface area contributed by atoms with Crippen LogP contribution in [0.15, 0.2) is 0 Å². The molecule has 0 aromatic carbocycles. The smallest absolute Gasteiger partial charge is 0 e. The summed E-state index contributed by atoms with van der Waals surface area (Å²) in [6, 6.07) is 0. The van der Waals surface area contributed by atoms with E-state index in [4.69, 9.17) is 0 Å². The van der Waals surface area contributed by atoms with Crippen LogP contribution in [0, 0.1) is 0 Å². The monoisotopic (exact) mass is 152 g/mol. The molecule has 1 N–H and O–H groups in total. The molecule has 1 radical (unpaired) electrons. The number of hydrogen-bond donors (Lipinski definition) is 1. The first-order valence-corrected chi connectivity index (χ1v) is 1.56. The van der Waals surface area contributed by atoms with Crippen molar-refractivity contribution < 1.29 is 22.4 Å². The molecule has 0 spiro atoms. The molecule has 2 heteroatoms. The fourth-order valence-electron chi connectivity index (χ4n) is 0. The second-order valence-electron chi connectivity index (χ2n) is 0.707. The Balaban J connectivity index is 0. The second kappa shape index (κ2) is 8.83. The maximum Gasteiger partial charge on any atom is 0 e. The summed E-state index contributed by atoms with van der Waals surface area (Å²) in [7, 11) is 1.93. The summed E-state index contributed by atoms with van der Waals surface area (Å²) in [5.41, 5.74) is 0. The van der Waals surface area contributed by atoms with Gasteiger partial charge in [-0.15, -0.1) is 0 Å². The van der Waals surface area contributed by atoms with Crippen molar-refractivity contribution in [2.45, 2.75) is 6.92 Å². The minimum Gasteiger partial charge on any atom is -0.320 e. The molecular weight excluding hydrogens is 143 g/mol. The predicted molar refractivity (Wildman–Crippen MR) is 19.6 cm³/mol. The minimum atomic E-state index is 0. The Kier molecular flexibility index (Phi) is 16.2. The zero-order valence-corrected chi connectivity index (χ0v) is 5.85. The van der Waals surface area contributed by atoms with E-state index in [0.717, 1.165) is 6.54 Å². The fraction of sp³-hybridized carbons (Fsp3) is 1.00. The molecule has 0 amide bonds. The molecule has 0 aromatic heterocycles. The first kappa shape index (κ1) is 9.20. The summed E-state index contributed by atoms with van der Waals surface area (Å²) in [5.74, 6) is 0. The van der Waals surface area contributed by atoms with E-state index in [9.17, 15) is 0 Å². The molecule has 0 fully saturated rings. The van der Waals surface area contributed by atoms with Gasteiger partial charge < -0.3 is 5.32 Å². The molecule has 5 heavy (non-hydrogen) atoms. The Hall–Kier alpha value is 0.700. The van der Waals surface area contributed by atoms with Gasteiger partial charge in [-0.3, -0.25) is 0 Å². The van der Waals surface area contributed by atoms with Gasteiger partial charge in [-0.1, -0.05) is 6.92 Å². The van der Waals surface area contributed by atoms with Crippen molar-refractivity contribution >= 4 is 0 Å². The molecule has 0 rings (SSSR count). The van der Waals surface area contributed by atoms with Gasteiger partial charge in [-0.2, -0.15) is 0 Å². The Morgan fingerprint density at radius 1 is 1.60 bits per heavy atom. The molecule has 31 valence electrons. The largest absolute Gasteiger partial charge is 0.320 e. The minimum absolute atomic E-state index is 0. The van der Waals surface area contributed by atoms with Crippen LogP contribution in [0.25, 0.3) is 0 Å². The summed E-state index contributed by atoms with van der Waals surface area (Å²) >= 11 is 0. The standard InChI is InChI=1S/C3H9N.Nb/c1-3-4-2;/h4H,3H2,1-2H3;. The van der Waals surface area contributed by atoms with E-state index in [0.29, 0.717) is 0 Å². The van der Waals surface area contributed by atoms with Crippen LogP contribution < -0.4 is 5.32 Å². The van der Waals surface area contributed by atoms with Gasteiger partial charge in [0.05, 0.1) is 0 Å². The number of nitrogens with one attached hydrogen (secondary N) is 1. The van der Waals surface area contributed by atoms with E-state index in [2.05, 4.69) is 12.2 Å². The van der Waals surface area contributed by atoms with Crippen LogP contribution in [0.4, 0.5) is 0 Å². The van der Waals surface area contributed by atoms with Crippen molar-refractivity contribution in [3.05, 3.63) is 0 Å². The maximum atomic E-state index is 2.93. The SMILES string of the molecule is CCNC.[Nb]. The summed E-state index contributed by atoms with van der Waals surface area (Å²) in [6.45, 7) is 3.14. The predicted octanol–water partition coefficient (Wildman–Crippen LogP) is 0.223. The molecular formula is C3H9NNb. The molecule has 0 atom stereocenters.